The minimum absolute atomic E-state index is 0.0666. The first-order valence-corrected chi connectivity index (χ1v) is 11.2. The molecule has 0 radical (unpaired) electrons. The molecule has 1 aliphatic carbocycles. The highest BCUT2D eigenvalue weighted by molar-refractivity contribution is 7.37. The zero-order valence-electron chi connectivity index (χ0n) is 16.3. The highest BCUT2D eigenvalue weighted by Gasteiger charge is 2.49. The molecule has 1 saturated carbocycles. The number of aromatic nitrogens is 2. The van der Waals surface area contributed by atoms with Crippen LogP contribution in [0.3, 0.4) is 0 Å². The molecule has 1 aromatic heterocycles. The Morgan fingerprint density at radius 2 is 1.90 bits per heavy atom. The molecular weight excluding hydrogens is 412 g/mol. The van der Waals surface area contributed by atoms with E-state index in [0.29, 0.717) is 12.5 Å². The largest absolute Gasteiger partial charge is 0.367 e. The molecule has 0 bridgehead atoms. The second-order valence-corrected chi connectivity index (χ2v) is 10.6. The fourth-order valence-electron chi connectivity index (χ4n) is 4.41. The van der Waals surface area contributed by atoms with E-state index in [9.17, 15) is 13.6 Å². The summed E-state index contributed by atoms with van der Waals surface area (Å²) in [6.45, 7) is 3.63. The summed E-state index contributed by atoms with van der Waals surface area (Å²) in [6, 6.07) is 4.07. The van der Waals surface area contributed by atoms with E-state index in [1.807, 2.05) is 0 Å². The molecule has 2 heterocycles. The number of benzene rings is 1. The normalized spacial score (nSPS) is 24.6. The van der Waals surface area contributed by atoms with E-state index in [1.54, 1.807) is 12.4 Å². The molecule has 1 amide bonds. The molecule has 2 fully saturated rings. The number of hydrogen-bond acceptors (Lipinski definition) is 4. The summed E-state index contributed by atoms with van der Waals surface area (Å²) in [5, 5.41) is 3.19. The van der Waals surface area contributed by atoms with Gasteiger partial charge in [0.05, 0.1) is 11.2 Å². The predicted octanol–water partition coefficient (Wildman–Crippen LogP) is 3.75. The Hall–Kier alpha value is -1.45. The topological polar surface area (TPSA) is 58.1 Å². The van der Waals surface area contributed by atoms with Crippen LogP contribution in [-0.4, -0.2) is 40.9 Å². The second-order valence-electron chi connectivity index (χ2n) is 8.37. The lowest BCUT2D eigenvalue weighted by molar-refractivity contribution is -0.150. The minimum atomic E-state index is -2.68. The molecule has 4 rings (SSSR count). The molecular formula is C20H26F2N4OP2. The smallest absolute Gasteiger partial charge is 0.249 e. The first-order valence-electron chi connectivity index (χ1n) is 9.91. The summed E-state index contributed by atoms with van der Waals surface area (Å²) in [6.07, 6.45) is 3.56. The fraction of sp³-hybridized carbons (Fsp3) is 0.550. The van der Waals surface area contributed by atoms with Crippen molar-refractivity contribution in [2.45, 2.75) is 43.6 Å². The molecule has 29 heavy (non-hydrogen) atoms. The first-order chi connectivity index (χ1) is 13.7. The van der Waals surface area contributed by atoms with E-state index >= 15 is 0 Å². The summed E-state index contributed by atoms with van der Waals surface area (Å²) in [7, 11) is 5.52. The lowest BCUT2D eigenvalue weighted by Gasteiger charge is -2.40. The Kier molecular flexibility index (Phi) is 5.74. The molecule has 2 aliphatic rings. The van der Waals surface area contributed by atoms with Crippen molar-refractivity contribution in [1.82, 2.24) is 15.3 Å². The highest BCUT2D eigenvalue weighted by atomic mass is 31.1. The molecule has 2 aromatic rings. The molecule has 9 heteroatoms. The van der Waals surface area contributed by atoms with Crippen molar-refractivity contribution in [2.75, 3.05) is 18.0 Å². The van der Waals surface area contributed by atoms with Crippen LogP contribution in [0.25, 0.3) is 11.0 Å². The van der Waals surface area contributed by atoms with Gasteiger partial charge < -0.3 is 10.2 Å². The number of anilines is 1. The first kappa shape index (κ1) is 20.8. The predicted molar refractivity (Wildman–Crippen MR) is 117 cm³/mol. The third-order valence-electron chi connectivity index (χ3n) is 5.80. The van der Waals surface area contributed by atoms with Gasteiger partial charge in [0.1, 0.15) is 5.52 Å². The molecule has 1 aromatic carbocycles. The van der Waals surface area contributed by atoms with Gasteiger partial charge in [0.2, 0.25) is 11.8 Å². The van der Waals surface area contributed by atoms with Crippen molar-refractivity contribution >= 4 is 41.1 Å². The van der Waals surface area contributed by atoms with Gasteiger partial charge in [-0.15, -0.1) is 18.5 Å². The van der Waals surface area contributed by atoms with Crippen molar-refractivity contribution in [3.05, 3.63) is 30.1 Å². The van der Waals surface area contributed by atoms with Gasteiger partial charge in [-0.3, -0.25) is 14.8 Å². The summed E-state index contributed by atoms with van der Waals surface area (Å²) in [5.41, 5.74) is 3.80. The van der Waals surface area contributed by atoms with Crippen molar-refractivity contribution in [1.29, 1.82) is 0 Å². The van der Waals surface area contributed by atoms with E-state index in [4.69, 9.17) is 0 Å². The number of hydrogen-bond donors (Lipinski definition) is 1. The van der Waals surface area contributed by atoms with Crippen LogP contribution in [0.15, 0.2) is 24.5 Å². The molecule has 1 aliphatic heterocycles. The molecule has 0 spiro atoms. The third-order valence-corrected chi connectivity index (χ3v) is 6.52. The van der Waals surface area contributed by atoms with Crippen LogP contribution in [0.4, 0.5) is 14.5 Å². The van der Waals surface area contributed by atoms with Crippen molar-refractivity contribution in [3.63, 3.8) is 0 Å². The quantitative estimate of drug-likeness (QED) is 0.739. The lowest BCUT2D eigenvalue weighted by atomic mass is 9.80. The van der Waals surface area contributed by atoms with Gasteiger partial charge in [-0.25, -0.2) is 8.78 Å². The zero-order valence-corrected chi connectivity index (χ0v) is 18.6. The maximum atomic E-state index is 13.1. The van der Waals surface area contributed by atoms with Gasteiger partial charge in [-0.2, -0.15) is 0 Å². The Bertz CT molecular complexity index is 918. The van der Waals surface area contributed by atoms with Crippen LogP contribution in [0.1, 0.15) is 37.1 Å². The summed E-state index contributed by atoms with van der Waals surface area (Å²) < 4.78 is 26.2. The van der Waals surface area contributed by atoms with Crippen LogP contribution in [0.2, 0.25) is 0 Å². The minimum Gasteiger partial charge on any atom is -0.367 e. The van der Waals surface area contributed by atoms with E-state index in [0.717, 1.165) is 35.2 Å². The molecule has 4 atom stereocenters. The summed E-state index contributed by atoms with van der Waals surface area (Å²) >= 11 is 0. The number of carbonyl (C=O) groups excluding carboxylic acids is 1. The average Bonchev–Trinajstić information content (AvgIpc) is 2.64. The van der Waals surface area contributed by atoms with E-state index in [-0.39, 0.29) is 30.2 Å². The lowest BCUT2D eigenvalue weighted by Crippen LogP contribution is -2.54. The van der Waals surface area contributed by atoms with E-state index < -0.39 is 11.8 Å². The van der Waals surface area contributed by atoms with Gasteiger partial charge in [-0.1, -0.05) is 13.0 Å². The Morgan fingerprint density at radius 3 is 2.55 bits per heavy atom. The number of alkyl halides is 2. The summed E-state index contributed by atoms with van der Waals surface area (Å²) in [4.78, 5) is 23.7. The number of piperidine rings is 1. The second kappa shape index (κ2) is 8.00. The average molecular weight is 438 g/mol. The van der Waals surface area contributed by atoms with Gasteiger partial charge in [0.25, 0.3) is 0 Å². The maximum Gasteiger partial charge on any atom is 0.249 e. The number of amides is 1. The summed E-state index contributed by atoms with van der Waals surface area (Å²) in [5.74, 6) is -3.13. The van der Waals surface area contributed by atoms with Gasteiger partial charge in [-0.05, 0) is 24.0 Å². The Morgan fingerprint density at radius 1 is 1.21 bits per heavy atom. The molecule has 5 nitrogen and oxygen atoms in total. The van der Waals surface area contributed by atoms with Crippen molar-refractivity contribution in [2.24, 2.45) is 11.8 Å². The molecule has 156 valence electrons. The SMILES string of the molecule is C[C@H]1C[C@@H](NC(=O)C2CC(F)(F)C2)CN(c2ccc(C(P)P)c3nccnc23)C1. The van der Waals surface area contributed by atoms with Gasteiger partial charge >= 0.3 is 0 Å². The Labute approximate surface area is 173 Å². The standard InChI is InChI=1S/C20H26F2N4OP2/c1-11-6-13(25-18(27)12-7-20(21,22)8-12)10-26(9-11)15-3-2-14(19(28)29)16-17(15)24-5-4-23-16/h2-5,11-13,19H,6-10,28-29H2,1H3,(H,25,27)/t11-,13+/m0/s1. The van der Waals surface area contributed by atoms with Crippen LogP contribution in [0, 0.1) is 11.8 Å². The van der Waals surface area contributed by atoms with Crippen LogP contribution in [-0.2, 0) is 4.79 Å². The monoisotopic (exact) mass is 438 g/mol. The van der Waals surface area contributed by atoms with Gasteiger partial charge in [0.15, 0.2) is 0 Å². The highest BCUT2D eigenvalue weighted by Crippen LogP contribution is 2.42. The number of rotatable bonds is 4. The van der Waals surface area contributed by atoms with Crippen molar-refractivity contribution in [3.8, 4) is 0 Å². The fourth-order valence-corrected chi connectivity index (χ4v) is 4.94. The van der Waals surface area contributed by atoms with Crippen LogP contribution < -0.4 is 10.2 Å². The number of carbonyl (C=O) groups is 1. The molecule has 2 unspecified atom stereocenters. The van der Waals surface area contributed by atoms with E-state index in [1.165, 1.54) is 0 Å². The molecule has 1 saturated heterocycles. The maximum absolute atomic E-state index is 13.1. The molecule has 1 N–H and O–H groups in total. The third kappa shape index (κ3) is 4.36. The Balaban J connectivity index is 1.54. The van der Waals surface area contributed by atoms with Gasteiger partial charge in [0, 0.05) is 55.7 Å². The van der Waals surface area contributed by atoms with E-state index in [2.05, 4.69) is 57.7 Å². The van der Waals surface area contributed by atoms with Crippen LogP contribution in [0.5, 0.6) is 0 Å². The van der Waals surface area contributed by atoms with Crippen LogP contribution >= 0.6 is 18.5 Å². The number of fused-ring (bicyclic) bond motifs is 1. The number of halogens is 2. The number of nitrogens with one attached hydrogen (secondary N) is 1. The number of nitrogens with zero attached hydrogens (tertiary/aromatic N) is 3. The zero-order chi connectivity index (χ0) is 20.8. The van der Waals surface area contributed by atoms with Crippen molar-refractivity contribution < 1.29 is 13.6 Å².